The number of aryl methyl sites for hydroxylation is 1. The highest BCUT2D eigenvalue weighted by Crippen LogP contribution is 2.58. The van der Waals surface area contributed by atoms with Gasteiger partial charge < -0.3 is 14.9 Å². The lowest BCUT2D eigenvalue weighted by atomic mass is 9.56. The number of aliphatic hydroxyl groups is 1. The van der Waals surface area contributed by atoms with Crippen LogP contribution in [-0.2, 0) is 11.2 Å². The van der Waals surface area contributed by atoms with Crippen molar-refractivity contribution >= 4 is 0 Å². The van der Waals surface area contributed by atoms with Crippen LogP contribution in [0.3, 0.4) is 0 Å². The molecule has 2 fully saturated rings. The Morgan fingerprint density at radius 2 is 1.89 bits per heavy atom. The molecule has 0 heterocycles. The fourth-order valence-electron chi connectivity index (χ4n) is 6.41. The van der Waals surface area contributed by atoms with Crippen molar-refractivity contribution in [3.8, 4) is 5.75 Å². The zero-order chi connectivity index (χ0) is 19.2. The van der Waals surface area contributed by atoms with Crippen molar-refractivity contribution < 1.29 is 14.9 Å². The standard InChI is InChI=1S/C24H36O3/c1-24(2,3)27-12-4-5-16-14-21-19(10-11-22(21)26)20-8-6-15-13-17(25)7-9-18(15)23(16)20/h7,9,13,16,19-23,25-26H,4-6,8,10-12,14H2,1-3H3/t16-,19?,20?,21?,22-,23?/m0/s1. The Bertz CT molecular complexity index is 662. The zero-order valence-corrected chi connectivity index (χ0v) is 17.2. The highest BCUT2D eigenvalue weighted by atomic mass is 16.5. The fraction of sp³-hybridized carbons (Fsp3) is 0.750. The molecule has 2 saturated carbocycles. The third kappa shape index (κ3) is 3.91. The van der Waals surface area contributed by atoms with Crippen molar-refractivity contribution in [1.29, 1.82) is 0 Å². The van der Waals surface area contributed by atoms with Gasteiger partial charge in [-0.1, -0.05) is 6.07 Å². The minimum atomic E-state index is -0.0921. The Morgan fingerprint density at radius 3 is 2.67 bits per heavy atom. The lowest BCUT2D eigenvalue weighted by Gasteiger charge is -2.49. The Morgan fingerprint density at radius 1 is 1.07 bits per heavy atom. The lowest BCUT2D eigenvalue weighted by molar-refractivity contribution is -0.0130. The maximum Gasteiger partial charge on any atom is 0.115 e. The minimum absolute atomic E-state index is 0.0726. The van der Waals surface area contributed by atoms with E-state index in [1.165, 1.54) is 30.4 Å². The zero-order valence-electron chi connectivity index (χ0n) is 17.2. The number of fused-ring (bicyclic) bond motifs is 5. The molecule has 1 aromatic rings. The van der Waals surface area contributed by atoms with Gasteiger partial charge in [0.15, 0.2) is 0 Å². The van der Waals surface area contributed by atoms with Gasteiger partial charge in [-0.15, -0.1) is 0 Å². The number of phenols is 1. The van der Waals surface area contributed by atoms with E-state index in [0.29, 0.717) is 35.3 Å². The molecular weight excluding hydrogens is 336 g/mol. The fourth-order valence-corrected chi connectivity index (χ4v) is 6.41. The summed E-state index contributed by atoms with van der Waals surface area (Å²) < 4.78 is 5.97. The van der Waals surface area contributed by atoms with Crippen LogP contribution in [-0.4, -0.2) is 28.5 Å². The van der Waals surface area contributed by atoms with E-state index >= 15 is 0 Å². The average molecular weight is 373 g/mol. The van der Waals surface area contributed by atoms with Crippen molar-refractivity contribution in [1.82, 2.24) is 0 Å². The summed E-state index contributed by atoms with van der Waals surface area (Å²) in [7, 11) is 0. The van der Waals surface area contributed by atoms with Crippen LogP contribution >= 0.6 is 0 Å². The van der Waals surface area contributed by atoms with Crippen LogP contribution in [0.4, 0.5) is 0 Å². The molecule has 3 aliphatic carbocycles. The van der Waals surface area contributed by atoms with E-state index in [4.69, 9.17) is 4.74 Å². The van der Waals surface area contributed by atoms with Crippen molar-refractivity contribution in [2.45, 2.75) is 83.3 Å². The van der Waals surface area contributed by atoms with Crippen LogP contribution in [0.2, 0.25) is 0 Å². The molecule has 27 heavy (non-hydrogen) atoms. The van der Waals surface area contributed by atoms with Crippen molar-refractivity contribution in [2.24, 2.45) is 23.7 Å². The summed E-state index contributed by atoms with van der Waals surface area (Å²) in [5.41, 5.74) is 2.76. The topological polar surface area (TPSA) is 49.7 Å². The highest BCUT2D eigenvalue weighted by molar-refractivity contribution is 5.40. The first kappa shape index (κ1) is 19.3. The van der Waals surface area contributed by atoms with E-state index in [9.17, 15) is 10.2 Å². The van der Waals surface area contributed by atoms with Crippen molar-refractivity contribution in [2.75, 3.05) is 6.61 Å². The molecule has 6 atom stereocenters. The molecule has 2 N–H and O–H groups in total. The Kier molecular flexibility index (Phi) is 5.28. The predicted molar refractivity (Wildman–Crippen MR) is 108 cm³/mol. The molecule has 4 rings (SSSR count). The van der Waals surface area contributed by atoms with Gasteiger partial charge in [-0.2, -0.15) is 0 Å². The Labute approximate surface area is 164 Å². The predicted octanol–water partition coefficient (Wildman–Crippen LogP) is 5.04. The molecule has 0 aliphatic heterocycles. The first-order valence-electron chi connectivity index (χ1n) is 11.0. The second-order valence-electron chi connectivity index (χ2n) is 10.2. The normalized spacial score (nSPS) is 35.4. The smallest absolute Gasteiger partial charge is 0.115 e. The largest absolute Gasteiger partial charge is 0.508 e. The number of hydrogen-bond acceptors (Lipinski definition) is 3. The van der Waals surface area contributed by atoms with Gasteiger partial charge in [0.25, 0.3) is 0 Å². The van der Waals surface area contributed by atoms with Crippen LogP contribution in [0.5, 0.6) is 5.75 Å². The van der Waals surface area contributed by atoms with Gasteiger partial charge in [0.2, 0.25) is 0 Å². The summed E-state index contributed by atoms with van der Waals surface area (Å²) in [6.45, 7) is 7.17. The SMILES string of the molecule is CC(C)(C)OCCC[C@H]1CC2C(CC[C@@H]2O)C2CCc3cc(O)ccc3C21. The number of aliphatic hydroxyl groups excluding tert-OH is 1. The van der Waals surface area contributed by atoms with E-state index in [0.717, 1.165) is 32.3 Å². The maximum absolute atomic E-state index is 10.6. The van der Waals surface area contributed by atoms with E-state index in [1.807, 2.05) is 12.1 Å². The molecule has 0 saturated heterocycles. The molecule has 4 unspecified atom stereocenters. The van der Waals surface area contributed by atoms with Gasteiger partial charge in [-0.25, -0.2) is 0 Å². The first-order chi connectivity index (χ1) is 12.8. The summed E-state index contributed by atoms with van der Waals surface area (Å²) in [5, 5.41) is 20.5. The lowest BCUT2D eigenvalue weighted by Crippen LogP contribution is -2.41. The third-order valence-electron chi connectivity index (χ3n) is 7.42. The summed E-state index contributed by atoms with van der Waals surface area (Å²) in [5.74, 6) is 3.50. The summed E-state index contributed by atoms with van der Waals surface area (Å²) in [6, 6.07) is 6.04. The van der Waals surface area contributed by atoms with Gasteiger partial charge in [0.05, 0.1) is 11.7 Å². The third-order valence-corrected chi connectivity index (χ3v) is 7.42. The molecule has 0 aromatic heterocycles. The molecular formula is C24H36O3. The van der Waals surface area contributed by atoms with Gasteiger partial charge in [0.1, 0.15) is 5.75 Å². The Hall–Kier alpha value is -1.06. The van der Waals surface area contributed by atoms with E-state index < -0.39 is 0 Å². The molecule has 3 heteroatoms. The molecule has 0 spiro atoms. The van der Waals surface area contributed by atoms with Crippen LogP contribution in [0, 0.1) is 23.7 Å². The number of rotatable bonds is 4. The number of aromatic hydroxyl groups is 1. The first-order valence-corrected chi connectivity index (χ1v) is 11.0. The molecule has 3 nitrogen and oxygen atoms in total. The maximum atomic E-state index is 10.6. The quantitative estimate of drug-likeness (QED) is 0.728. The van der Waals surface area contributed by atoms with Crippen LogP contribution in [0.1, 0.15) is 76.3 Å². The van der Waals surface area contributed by atoms with Gasteiger partial charge in [-0.05, 0) is 119 Å². The van der Waals surface area contributed by atoms with Crippen LogP contribution in [0.15, 0.2) is 18.2 Å². The molecule has 0 radical (unpaired) electrons. The monoisotopic (exact) mass is 372 g/mol. The van der Waals surface area contributed by atoms with Crippen molar-refractivity contribution in [3.63, 3.8) is 0 Å². The van der Waals surface area contributed by atoms with Gasteiger partial charge in [-0.3, -0.25) is 0 Å². The molecule has 150 valence electrons. The second kappa shape index (κ2) is 7.40. The Balaban J connectivity index is 1.55. The number of ether oxygens (including phenoxy) is 1. The van der Waals surface area contributed by atoms with Crippen LogP contribution < -0.4 is 0 Å². The number of hydrogen-bond donors (Lipinski definition) is 2. The molecule has 1 aromatic carbocycles. The molecule has 0 amide bonds. The highest BCUT2D eigenvalue weighted by Gasteiger charge is 2.50. The van der Waals surface area contributed by atoms with Gasteiger partial charge >= 0.3 is 0 Å². The number of benzene rings is 1. The second-order valence-corrected chi connectivity index (χ2v) is 10.2. The van der Waals surface area contributed by atoms with Crippen molar-refractivity contribution in [3.05, 3.63) is 29.3 Å². The average Bonchev–Trinajstić information content (AvgIpc) is 2.98. The minimum Gasteiger partial charge on any atom is -0.508 e. The summed E-state index contributed by atoms with van der Waals surface area (Å²) >= 11 is 0. The number of phenolic OH excluding ortho intramolecular Hbond substituents is 1. The van der Waals surface area contributed by atoms with E-state index in [2.05, 4.69) is 26.8 Å². The molecule has 0 bridgehead atoms. The van der Waals surface area contributed by atoms with Gasteiger partial charge in [0, 0.05) is 6.61 Å². The summed E-state index contributed by atoms with van der Waals surface area (Å²) in [4.78, 5) is 0. The molecule has 3 aliphatic rings. The van der Waals surface area contributed by atoms with Crippen LogP contribution in [0.25, 0.3) is 0 Å². The van der Waals surface area contributed by atoms with E-state index in [-0.39, 0.29) is 11.7 Å². The summed E-state index contributed by atoms with van der Waals surface area (Å²) in [6.07, 6.45) is 7.79. The van der Waals surface area contributed by atoms with E-state index in [1.54, 1.807) is 0 Å².